The van der Waals surface area contributed by atoms with Gasteiger partial charge in [-0.25, -0.2) is 0 Å². The van der Waals surface area contributed by atoms with Gasteiger partial charge in [-0.3, -0.25) is 0 Å². The molecule has 1 atom stereocenters. The van der Waals surface area contributed by atoms with Crippen LogP contribution >= 0.6 is 12.2 Å². The SMILES string of the molecule is COc1cccc(NC(=S)NC(C)COc2ccc(C)c(C)c2)c1. The van der Waals surface area contributed by atoms with Crippen molar-refractivity contribution in [2.24, 2.45) is 0 Å². The first kappa shape index (κ1) is 18.1. The van der Waals surface area contributed by atoms with E-state index in [2.05, 4.69) is 36.6 Å². The fourth-order valence-electron chi connectivity index (χ4n) is 2.16. The number of anilines is 1. The summed E-state index contributed by atoms with van der Waals surface area (Å²) in [4.78, 5) is 0. The Morgan fingerprint density at radius 3 is 2.58 bits per heavy atom. The van der Waals surface area contributed by atoms with Crippen LogP contribution in [0.4, 0.5) is 5.69 Å². The summed E-state index contributed by atoms with van der Waals surface area (Å²) < 4.78 is 11.0. The van der Waals surface area contributed by atoms with E-state index in [1.165, 1.54) is 11.1 Å². The lowest BCUT2D eigenvalue weighted by atomic mass is 10.1. The third-order valence-electron chi connectivity index (χ3n) is 3.68. The summed E-state index contributed by atoms with van der Waals surface area (Å²) in [7, 11) is 1.64. The van der Waals surface area contributed by atoms with Crippen LogP contribution in [0.1, 0.15) is 18.1 Å². The molecule has 0 radical (unpaired) electrons. The zero-order valence-electron chi connectivity index (χ0n) is 14.6. The molecule has 4 nitrogen and oxygen atoms in total. The Balaban J connectivity index is 1.81. The molecule has 0 spiro atoms. The molecule has 0 aliphatic rings. The number of nitrogens with one attached hydrogen (secondary N) is 2. The van der Waals surface area contributed by atoms with E-state index in [-0.39, 0.29) is 6.04 Å². The average Bonchev–Trinajstić information content (AvgIpc) is 2.56. The fourth-order valence-corrected chi connectivity index (χ4v) is 2.48. The maximum Gasteiger partial charge on any atom is 0.171 e. The lowest BCUT2D eigenvalue weighted by Gasteiger charge is -2.18. The highest BCUT2D eigenvalue weighted by atomic mass is 32.1. The highest BCUT2D eigenvalue weighted by Gasteiger charge is 2.07. The molecule has 0 saturated heterocycles. The molecule has 2 N–H and O–H groups in total. The Bertz CT molecular complexity index is 704. The van der Waals surface area contributed by atoms with E-state index >= 15 is 0 Å². The molecule has 0 saturated carbocycles. The van der Waals surface area contributed by atoms with Crippen molar-refractivity contribution in [3.05, 3.63) is 53.6 Å². The van der Waals surface area contributed by atoms with Gasteiger partial charge in [0.15, 0.2) is 5.11 Å². The number of hydrogen-bond acceptors (Lipinski definition) is 3. The second kappa shape index (κ2) is 8.55. The van der Waals surface area contributed by atoms with E-state index in [1.54, 1.807) is 7.11 Å². The maximum atomic E-state index is 5.82. The Hall–Kier alpha value is -2.27. The molecule has 2 rings (SSSR count). The van der Waals surface area contributed by atoms with Crippen LogP contribution in [0, 0.1) is 13.8 Å². The molecule has 0 aliphatic carbocycles. The monoisotopic (exact) mass is 344 g/mol. The third kappa shape index (κ3) is 5.42. The minimum Gasteiger partial charge on any atom is -0.497 e. The molecule has 2 aromatic carbocycles. The van der Waals surface area contributed by atoms with Gasteiger partial charge >= 0.3 is 0 Å². The van der Waals surface area contributed by atoms with Gasteiger partial charge in [0.25, 0.3) is 0 Å². The molecule has 0 amide bonds. The molecule has 24 heavy (non-hydrogen) atoms. The Kier molecular flexibility index (Phi) is 6.44. The van der Waals surface area contributed by atoms with Crippen LogP contribution in [0.5, 0.6) is 11.5 Å². The number of methoxy groups -OCH3 is 1. The number of benzene rings is 2. The van der Waals surface area contributed by atoms with Gasteiger partial charge in [0.05, 0.1) is 13.2 Å². The van der Waals surface area contributed by atoms with E-state index in [9.17, 15) is 0 Å². The number of ether oxygens (including phenoxy) is 2. The van der Waals surface area contributed by atoms with Gasteiger partial charge in [-0.05, 0) is 68.4 Å². The van der Waals surface area contributed by atoms with Crippen LogP contribution in [0.3, 0.4) is 0 Å². The number of rotatable bonds is 6. The van der Waals surface area contributed by atoms with Crippen LogP contribution in [-0.2, 0) is 0 Å². The van der Waals surface area contributed by atoms with Crippen molar-refractivity contribution < 1.29 is 9.47 Å². The number of hydrogen-bond donors (Lipinski definition) is 2. The van der Waals surface area contributed by atoms with Gasteiger partial charge in [0, 0.05) is 11.8 Å². The van der Waals surface area contributed by atoms with Crippen molar-refractivity contribution in [1.82, 2.24) is 5.32 Å². The fraction of sp³-hybridized carbons (Fsp3) is 0.316. The van der Waals surface area contributed by atoms with Crippen molar-refractivity contribution in [2.75, 3.05) is 19.0 Å². The lowest BCUT2D eigenvalue weighted by Crippen LogP contribution is -2.39. The quantitative estimate of drug-likeness (QED) is 0.774. The van der Waals surface area contributed by atoms with Crippen molar-refractivity contribution in [1.29, 1.82) is 0 Å². The van der Waals surface area contributed by atoms with Crippen LogP contribution < -0.4 is 20.1 Å². The first-order valence-electron chi connectivity index (χ1n) is 7.89. The summed E-state index contributed by atoms with van der Waals surface area (Å²) in [6.07, 6.45) is 0. The second-order valence-electron chi connectivity index (χ2n) is 5.79. The average molecular weight is 344 g/mol. The highest BCUT2D eigenvalue weighted by molar-refractivity contribution is 7.80. The summed E-state index contributed by atoms with van der Waals surface area (Å²) in [6.45, 7) is 6.73. The second-order valence-corrected chi connectivity index (χ2v) is 6.20. The summed E-state index contributed by atoms with van der Waals surface area (Å²) in [5, 5.41) is 6.92. The van der Waals surface area contributed by atoms with Crippen LogP contribution in [0.15, 0.2) is 42.5 Å². The number of thiocarbonyl (C=S) groups is 1. The highest BCUT2D eigenvalue weighted by Crippen LogP contribution is 2.17. The molecular formula is C19H24N2O2S. The first-order chi connectivity index (χ1) is 11.5. The van der Waals surface area contributed by atoms with Crippen molar-refractivity contribution in [3.8, 4) is 11.5 Å². The third-order valence-corrected chi connectivity index (χ3v) is 3.90. The summed E-state index contributed by atoms with van der Waals surface area (Å²) in [6, 6.07) is 13.8. The molecule has 0 aliphatic heterocycles. The maximum absolute atomic E-state index is 5.82. The predicted octanol–water partition coefficient (Wildman–Crippen LogP) is 4.07. The largest absolute Gasteiger partial charge is 0.497 e. The Morgan fingerprint density at radius 2 is 1.88 bits per heavy atom. The molecule has 2 aromatic rings. The molecule has 5 heteroatoms. The molecule has 0 heterocycles. The first-order valence-corrected chi connectivity index (χ1v) is 8.30. The van der Waals surface area contributed by atoms with Crippen LogP contribution in [-0.4, -0.2) is 24.9 Å². The van der Waals surface area contributed by atoms with E-state index in [0.29, 0.717) is 11.7 Å². The summed E-state index contributed by atoms with van der Waals surface area (Å²) >= 11 is 5.34. The van der Waals surface area contributed by atoms with E-state index in [0.717, 1.165) is 17.2 Å². The van der Waals surface area contributed by atoms with Gasteiger partial charge in [0.2, 0.25) is 0 Å². The normalized spacial score (nSPS) is 11.5. The molecule has 0 aromatic heterocycles. The molecule has 1 unspecified atom stereocenters. The summed E-state index contributed by atoms with van der Waals surface area (Å²) in [5.74, 6) is 1.66. The van der Waals surface area contributed by atoms with E-state index < -0.39 is 0 Å². The van der Waals surface area contributed by atoms with Crippen molar-refractivity contribution in [2.45, 2.75) is 26.8 Å². The van der Waals surface area contributed by atoms with Crippen molar-refractivity contribution >= 4 is 23.0 Å². The van der Waals surface area contributed by atoms with Gasteiger partial charge < -0.3 is 20.1 Å². The zero-order valence-corrected chi connectivity index (χ0v) is 15.4. The lowest BCUT2D eigenvalue weighted by molar-refractivity contribution is 0.287. The number of aryl methyl sites for hydroxylation is 2. The smallest absolute Gasteiger partial charge is 0.171 e. The van der Waals surface area contributed by atoms with E-state index in [4.69, 9.17) is 21.7 Å². The zero-order chi connectivity index (χ0) is 17.5. The molecular weight excluding hydrogens is 320 g/mol. The van der Waals surface area contributed by atoms with Gasteiger partial charge in [0.1, 0.15) is 18.1 Å². The molecule has 0 fully saturated rings. The predicted molar refractivity (Wildman–Crippen MR) is 103 cm³/mol. The van der Waals surface area contributed by atoms with Crippen LogP contribution in [0.25, 0.3) is 0 Å². The standard InChI is InChI=1S/C19H24N2O2S/c1-13-8-9-18(10-14(13)2)23-12-15(3)20-19(24)21-16-6-5-7-17(11-16)22-4/h5-11,15H,12H2,1-4H3,(H2,20,21,24). The van der Waals surface area contributed by atoms with Gasteiger partial charge in [-0.1, -0.05) is 12.1 Å². The molecule has 128 valence electrons. The topological polar surface area (TPSA) is 42.5 Å². The van der Waals surface area contributed by atoms with Gasteiger partial charge in [-0.15, -0.1) is 0 Å². The summed E-state index contributed by atoms with van der Waals surface area (Å²) in [5.41, 5.74) is 3.37. The van der Waals surface area contributed by atoms with Crippen molar-refractivity contribution in [3.63, 3.8) is 0 Å². The Labute approximate surface area is 149 Å². The minimum atomic E-state index is 0.0808. The van der Waals surface area contributed by atoms with Gasteiger partial charge in [-0.2, -0.15) is 0 Å². The minimum absolute atomic E-state index is 0.0808. The molecule has 0 bridgehead atoms. The van der Waals surface area contributed by atoms with E-state index in [1.807, 2.05) is 37.3 Å². The van der Waals surface area contributed by atoms with Crippen LogP contribution in [0.2, 0.25) is 0 Å². The Morgan fingerprint density at radius 1 is 1.08 bits per heavy atom.